The molecule has 1 heterocycles. The highest BCUT2D eigenvalue weighted by Gasteiger charge is 2.42. The molecule has 128 valence electrons. The van der Waals surface area contributed by atoms with Crippen molar-refractivity contribution in [3.05, 3.63) is 54.0 Å². The number of urea groups is 1. The number of methoxy groups -OCH3 is 1. The number of carbonyl (C=O) groups is 1. The van der Waals surface area contributed by atoms with Crippen LogP contribution < -0.4 is 15.4 Å². The van der Waals surface area contributed by atoms with Gasteiger partial charge in [0.25, 0.3) is 0 Å². The highest BCUT2D eigenvalue weighted by atomic mass is 32.2. The van der Waals surface area contributed by atoms with Crippen molar-refractivity contribution < 1.29 is 13.9 Å². The predicted octanol–water partition coefficient (Wildman–Crippen LogP) is 3.57. The molecule has 1 aromatic heterocycles. The van der Waals surface area contributed by atoms with E-state index in [1.165, 1.54) is 0 Å². The summed E-state index contributed by atoms with van der Waals surface area (Å²) in [4.78, 5) is 12.4. The normalized spacial score (nSPS) is 16.2. The molecule has 3 rings (SSSR count). The third kappa shape index (κ3) is 3.70. The van der Waals surface area contributed by atoms with Crippen molar-refractivity contribution in [2.24, 2.45) is 0 Å². The van der Waals surface area contributed by atoms with E-state index in [1.54, 1.807) is 13.4 Å². The van der Waals surface area contributed by atoms with Gasteiger partial charge in [0.2, 0.25) is 0 Å². The maximum Gasteiger partial charge on any atom is 0.315 e. The molecule has 5 nitrogen and oxygen atoms in total. The van der Waals surface area contributed by atoms with E-state index in [9.17, 15) is 4.79 Å². The molecule has 6 heteroatoms. The summed E-state index contributed by atoms with van der Waals surface area (Å²) in [6.45, 7) is 0.677. The molecule has 2 aromatic rings. The summed E-state index contributed by atoms with van der Waals surface area (Å²) in [7, 11) is 1.62. The Hall–Kier alpha value is -2.08. The SMILES string of the molecule is COc1ccccc1C(NC(=O)NCC1(SC)CC1)c1ccco1. The van der Waals surface area contributed by atoms with Gasteiger partial charge in [-0.3, -0.25) is 0 Å². The average molecular weight is 346 g/mol. The van der Waals surface area contributed by atoms with Gasteiger partial charge in [0, 0.05) is 16.9 Å². The van der Waals surface area contributed by atoms with Gasteiger partial charge in [-0.15, -0.1) is 0 Å². The van der Waals surface area contributed by atoms with Crippen molar-refractivity contribution in [2.75, 3.05) is 19.9 Å². The highest BCUT2D eigenvalue weighted by molar-refractivity contribution is 8.00. The molecule has 1 aliphatic carbocycles. The van der Waals surface area contributed by atoms with Crippen LogP contribution in [-0.4, -0.2) is 30.7 Å². The topological polar surface area (TPSA) is 63.5 Å². The lowest BCUT2D eigenvalue weighted by Gasteiger charge is -2.21. The van der Waals surface area contributed by atoms with Crippen LogP contribution in [0.4, 0.5) is 4.79 Å². The number of hydrogen-bond donors (Lipinski definition) is 2. The summed E-state index contributed by atoms with van der Waals surface area (Å²) in [5.74, 6) is 1.38. The second kappa shape index (κ2) is 7.21. The lowest BCUT2D eigenvalue weighted by molar-refractivity contribution is 0.236. The fraction of sp³-hybridized carbons (Fsp3) is 0.389. The van der Waals surface area contributed by atoms with Crippen LogP contribution in [0.5, 0.6) is 5.75 Å². The van der Waals surface area contributed by atoms with E-state index in [1.807, 2.05) is 48.2 Å². The fourth-order valence-corrected chi connectivity index (χ4v) is 3.41. The maximum absolute atomic E-state index is 12.4. The molecule has 0 aliphatic heterocycles. The number of para-hydroxylation sites is 1. The predicted molar refractivity (Wildman–Crippen MR) is 95.6 cm³/mol. The molecule has 1 atom stereocenters. The molecular weight excluding hydrogens is 324 g/mol. The molecule has 0 spiro atoms. The molecule has 0 radical (unpaired) electrons. The van der Waals surface area contributed by atoms with Gasteiger partial charge in [0.05, 0.1) is 13.4 Å². The van der Waals surface area contributed by atoms with Crippen LogP contribution in [0, 0.1) is 0 Å². The number of thioether (sulfide) groups is 1. The van der Waals surface area contributed by atoms with Gasteiger partial charge in [-0.25, -0.2) is 4.79 Å². The maximum atomic E-state index is 12.4. The third-order valence-electron chi connectivity index (χ3n) is 4.36. The molecule has 2 N–H and O–H groups in total. The van der Waals surface area contributed by atoms with Crippen molar-refractivity contribution in [3.8, 4) is 5.75 Å². The van der Waals surface area contributed by atoms with Gasteiger partial charge in [0.1, 0.15) is 17.6 Å². The summed E-state index contributed by atoms with van der Waals surface area (Å²) in [6, 6.07) is 10.7. The number of furan rings is 1. The summed E-state index contributed by atoms with van der Waals surface area (Å²) in [5.41, 5.74) is 0.858. The molecular formula is C18H22N2O3S. The van der Waals surface area contributed by atoms with Gasteiger partial charge in [0.15, 0.2) is 0 Å². The van der Waals surface area contributed by atoms with E-state index in [0.29, 0.717) is 18.1 Å². The Kier molecular flexibility index (Phi) is 5.04. The molecule has 1 fully saturated rings. The first-order valence-electron chi connectivity index (χ1n) is 7.93. The van der Waals surface area contributed by atoms with Crippen LogP contribution in [0.3, 0.4) is 0 Å². The van der Waals surface area contributed by atoms with E-state index in [4.69, 9.17) is 9.15 Å². The monoisotopic (exact) mass is 346 g/mol. The van der Waals surface area contributed by atoms with E-state index in [-0.39, 0.29) is 10.8 Å². The van der Waals surface area contributed by atoms with Crippen molar-refractivity contribution in [2.45, 2.75) is 23.6 Å². The Morgan fingerprint density at radius 3 is 2.75 bits per heavy atom. The molecule has 1 saturated carbocycles. The minimum Gasteiger partial charge on any atom is -0.496 e. The minimum atomic E-state index is -0.402. The molecule has 0 bridgehead atoms. The van der Waals surface area contributed by atoms with Gasteiger partial charge in [-0.2, -0.15) is 11.8 Å². The Morgan fingerprint density at radius 2 is 2.12 bits per heavy atom. The summed E-state index contributed by atoms with van der Waals surface area (Å²) in [5, 5.41) is 5.98. The van der Waals surface area contributed by atoms with Gasteiger partial charge < -0.3 is 19.8 Å². The lowest BCUT2D eigenvalue weighted by atomic mass is 10.0. The first kappa shape index (κ1) is 16.8. The van der Waals surface area contributed by atoms with Crippen LogP contribution in [0.1, 0.15) is 30.2 Å². The quantitative estimate of drug-likeness (QED) is 0.804. The van der Waals surface area contributed by atoms with Crippen LogP contribution >= 0.6 is 11.8 Å². The average Bonchev–Trinajstić information content (AvgIpc) is 3.21. The van der Waals surface area contributed by atoms with E-state index in [0.717, 1.165) is 18.4 Å². The molecule has 1 unspecified atom stereocenters. The molecule has 1 aliphatic rings. The largest absolute Gasteiger partial charge is 0.496 e. The number of nitrogens with one attached hydrogen (secondary N) is 2. The van der Waals surface area contributed by atoms with Crippen molar-refractivity contribution in [3.63, 3.8) is 0 Å². The Balaban J connectivity index is 1.75. The zero-order chi connectivity index (χ0) is 17.0. The Bertz CT molecular complexity index is 683. The van der Waals surface area contributed by atoms with Crippen molar-refractivity contribution >= 4 is 17.8 Å². The van der Waals surface area contributed by atoms with Crippen LogP contribution in [0.15, 0.2) is 47.1 Å². The van der Waals surface area contributed by atoms with Crippen LogP contribution in [0.25, 0.3) is 0 Å². The number of amides is 2. The van der Waals surface area contributed by atoms with E-state index >= 15 is 0 Å². The van der Waals surface area contributed by atoms with Gasteiger partial charge in [-0.1, -0.05) is 18.2 Å². The first-order chi connectivity index (χ1) is 11.7. The molecule has 0 saturated heterocycles. The molecule has 1 aromatic carbocycles. The number of benzene rings is 1. The Labute approximate surface area is 146 Å². The van der Waals surface area contributed by atoms with Gasteiger partial charge >= 0.3 is 6.03 Å². The van der Waals surface area contributed by atoms with Crippen molar-refractivity contribution in [1.29, 1.82) is 0 Å². The second-order valence-corrected chi connectivity index (χ2v) is 7.18. The standard InChI is InChI=1S/C18H22N2O3S/c1-22-14-7-4-3-6-13(14)16(15-8-5-11-23-15)20-17(21)19-12-18(24-2)9-10-18/h3-8,11,16H,9-10,12H2,1-2H3,(H2,19,20,21). The highest BCUT2D eigenvalue weighted by Crippen LogP contribution is 2.46. The first-order valence-corrected chi connectivity index (χ1v) is 9.16. The van der Waals surface area contributed by atoms with E-state index in [2.05, 4.69) is 16.9 Å². The number of ether oxygens (including phenoxy) is 1. The van der Waals surface area contributed by atoms with E-state index < -0.39 is 6.04 Å². The van der Waals surface area contributed by atoms with Crippen LogP contribution in [0.2, 0.25) is 0 Å². The smallest absolute Gasteiger partial charge is 0.315 e. The summed E-state index contributed by atoms with van der Waals surface area (Å²) in [6.07, 6.45) is 6.00. The number of rotatable bonds is 7. The summed E-state index contributed by atoms with van der Waals surface area (Å²) >= 11 is 1.82. The fourth-order valence-electron chi connectivity index (χ4n) is 2.68. The zero-order valence-corrected chi connectivity index (χ0v) is 14.7. The van der Waals surface area contributed by atoms with Gasteiger partial charge in [-0.05, 0) is 37.3 Å². The zero-order valence-electron chi connectivity index (χ0n) is 13.9. The second-order valence-electron chi connectivity index (χ2n) is 5.90. The number of hydrogen-bond acceptors (Lipinski definition) is 4. The minimum absolute atomic E-state index is 0.206. The Morgan fingerprint density at radius 1 is 1.33 bits per heavy atom. The van der Waals surface area contributed by atoms with Crippen molar-refractivity contribution in [1.82, 2.24) is 10.6 Å². The molecule has 24 heavy (non-hydrogen) atoms. The molecule has 2 amide bonds. The third-order valence-corrected chi connectivity index (χ3v) is 5.78. The summed E-state index contributed by atoms with van der Waals surface area (Å²) < 4.78 is 11.2. The van der Waals surface area contributed by atoms with Crippen LogP contribution in [-0.2, 0) is 0 Å². The lowest BCUT2D eigenvalue weighted by Crippen LogP contribution is -2.41. The number of carbonyl (C=O) groups excluding carboxylic acids is 1.